The zero-order valence-corrected chi connectivity index (χ0v) is 14.2. The summed E-state index contributed by atoms with van der Waals surface area (Å²) in [6.07, 6.45) is 1.90. The number of nitrogens with two attached hydrogens (primary N) is 1. The highest BCUT2D eigenvalue weighted by molar-refractivity contribution is 5.94. The number of amides is 2. The van der Waals surface area contributed by atoms with Crippen LogP contribution in [0.1, 0.15) is 31.7 Å². The van der Waals surface area contributed by atoms with Crippen molar-refractivity contribution in [1.29, 1.82) is 0 Å². The van der Waals surface area contributed by atoms with Crippen molar-refractivity contribution in [1.82, 2.24) is 9.80 Å². The van der Waals surface area contributed by atoms with E-state index in [1.165, 1.54) is 4.90 Å². The van der Waals surface area contributed by atoms with E-state index in [9.17, 15) is 14.7 Å². The van der Waals surface area contributed by atoms with Gasteiger partial charge in [0.1, 0.15) is 12.1 Å². The molecule has 7 heteroatoms. The zero-order valence-electron chi connectivity index (χ0n) is 14.2. The standard InChI is InChI=1S/C18H23N3O4/c1-2-17(19)16(23)21-13(11-12-7-4-3-5-8-12)15(22)20-10-6-9-14(20)18(21,24)25-17/h3-5,7-8,13-14,24H,2,6,9-11,19H2,1H3/t13-,14-,17+,18-/m0/s1. The van der Waals surface area contributed by atoms with Crippen LogP contribution in [0, 0.1) is 0 Å². The average Bonchev–Trinajstić information content (AvgIpc) is 3.17. The normalized spacial score (nSPS) is 37.4. The van der Waals surface area contributed by atoms with E-state index in [1.807, 2.05) is 30.3 Å². The Labute approximate surface area is 146 Å². The van der Waals surface area contributed by atoms with Gasteiger partial charge in [-0.1, -0.05) is 37.3 Å². The van der Waals surface area contributed by atoms with Crippen molar-refractivity contribution < 1.29 is 19.4 Å². The Morgan fingerprint density at radius 1 is 1.32 bits per heavy atom. The van der Waals surface area contributed by atoms with Crippen LogP contribution in [0.3, 0.4) is 0 Å². The lowest BCUT2D eigenvalue weighted by Crippen LogP contribution is -2.71. The molecule has 0 unspecified atom stereocenters. The molecule has 0 bridgehead atoms. The molecule has 3 fully saturated rings. The zero-order chi connectivity index (χ0) is 17.8. The molecular weight excluding hydrogens is 322 g/mol. The number of hydrogen-bond acceptors (Lipinski definition) is 5. The maximum Gasteiger partial charge on any atom is 0.275 e. The van der Waals surface area contributed by atoms with Gasteiger partial charge in [-0.25, -0.2) is 0 Å². The van der Waals surface area contributed by atoms with Crippen LogP contribution in [0.15, 0.2) is 30.3 Å². The summed E-state index contributed by atoms with van der Waals surface area (Å²) < 4.78 is 5.75. The monoisotopic (exact) mass is 345 g/mol. The number of aliphatic hydroxyl groups is 1. The highest BCUT2D eigenvalue weighted by Gasteiger charge is 2.69. The van der Waals surface area contributed by atoms with Crippen LogP contribution in [-0.2, 0) is 20.7 Å². The van der Waals surface area contributed by atoms with Crippen molar-refractivity contribution in [2.24, 2.45) is 5.73 Å². The molecule has 3 N–H and O–H groups in total. The fourth-order valence-corrected chi connectivity index (χ4v) is 4.27. The van der Waals surface area contributed by atoms with Crippen LogP contribution in [-0.4, -0.2) is 57.0 Å². The number of piperazine rings is 1. The average molecular weight is 345 g/mol. The van der Waals surface area contributed by atoms with Gasteiger partial charge in [0.15, 0.2) is 0 Å². The lowest BCUT2D eigenvalue weighted by molar-refractivity contribution is -0.314. The Morgan fingerprint density at radius 2 is 2.04 bits per heavy atom. The number of nitrogens with zero attached hydrogens (tertiary/aromatic N) is 2. The Hall–Kier alpha value is -1.96. The van der Waals surface area contributed by atoms with Crippen LogP contribution in [0.2, 0.25) is 0 Å². The quantitative estimate of drug-likeness (QED) is 0.814. The number of rotatable bonds is 3. The van der Waals surface area contributed by atoms with Crippen molar-refractivity contribution in [2.75, 3.05) is 6.54 Å². The minimum Gasteiger partial charge on any atom is -0.347 e. The van der Waals surface area contributed by atoms with Gasteiger partial charge in [0, 0.05) is 13.0 Å². The summed E-state index contributed by atoms with van der Waals surface area (Å²) in [7, 11) is 0. The maximum absolute atomic E-state index is 13.1. The van der Waals surface area contributed by atoms with Gasteiger partial charge < -0.3 is 14.7 Å². The molecule has 1 aromatic rings. The Morgan fingerprint density at radius 3 is 2.72 bits per heavy atom. The van der Waals surface area contributed by atoms with E-state index in [0.29, 0.717) is 19.4 Å². The molecule has 4 atom stereocenters. The van der Waals surface area contributed by atoms with Gasteiger partial charge in [0.25, 0.3) is 11.8 Å². The van der Waals surface area contributed by atoms with E-state index in [-0.39, 0.29) is 12.3 Å². The number of carbonyl (C=O) groups is 2. The molecule has 3 aliphatic rings. The second kappa shape index (κ2) is 5.52. The van der Waals surface area contributed by atoms with Gasteiger partial charge in [0.2, 0.25) is 11.6 Å². The highest BCUT2D eigenvalue weighted by Crippen LogP contribution is 2.45. The van der Waals surface area contributed by atoms with Crippen molar-refractivity contribution in [3.8, 4) is 0 Å². The smallest absolute Gasteiger partial charge is 0.275 e. The molecule has 0 radical (unpaired) electrons. The molecule has 134 valence electrons. The highest BCUT2D eigenvalue weighted by atomic mass is 16.7. The van der Waals surface area contributed by atoms with Crippen LogP contribution in [0.4, 0.5) is 0 Å². The number of ether oxygens (including phenoxy) is 1. The predicted octanol–water partition coefficient (Wildman–Crippen LogP) is 0.172. The fourth-order valence-electron chi connectivity index (χ4n) is 4.27. The number of hydrogen-bond donors (Lipinski definition) is 2. The Bertz CT molecular complexity index is 712. The summed E-state index contributed by atoms with van der Waals surface area (Å²) in [6, 6.07) is 8.09. The minimum absolute atomic E-state index is 0.145. The largest absolute Gasteiger partial charge is 0.347 e. The van der Waals surface area contributed by atoms with Gasteiger partial charge in [-0.15, -0.1) is 0 Å². The molecule has 7 nitrogen and oxygen atoms in total. The topological polar surface area (TPSA) is 96.1 Å². The maximum atomic E-state index is 13.1. The van der Waals surface area contributed by atoms with Gasteiger partial charge in [-0.2, -0.15) is 0 Å². The Kier molecular flexibility index (Phi) is 3.64. The minimum atomic E-state index is -1.86. The van der Waals surface area contributed by atoms with E-state index in [1.54, 1.807) is 11.8 Å². The van der Waals surface area contributed by atoms with Gasteiger partial charge in [-0.05, 0) is 24.8 Å². The third kappa shape index (κ3) is 2.23. The molecule has 4 rings (SSSR count). The first-order valence-corrected chi connectivity index (χ1v) is 8.80. The SMILES string of the molecule is CC[C@@]1(N)O[C@@]2(O)[C@@H]3CCCN3C(=O)[C@H](Cc3ccccc3)N2C1=O. The molecule has 0 spiro atoms. The molecule has 0 aromatic heterocycles. The molecule has 3 heterocycles. The summed E-state index contributed by atoms with van der Waals surface area (Å²) in [5.41, 5.74) is 5.45. The van der Waals surface area contributed by atoms with E-state index < -0.39 is 29.6 Å². The van der Waals surface area contributed by atoms with Crippen molar-refractivity contribution in [3.05, 3.63) is 35.9 Å². The second-order valence-electron chi connectivity index (χ2n) is 7.07. The third-order valence-electron chi connectivity index (χ3n) is 5.62. The Balaban J connectivity index is 1.77. The first-order valence-electron chi connectivity index (χ1n) is 8.80. The molecule has 1 aromatic carbocycles. The summed E-state index contributed by atoms with van der Waals surface area (Å²) in [5, 5.41) is 11.3. The number of fused-ring (bicyclic) bond motifs is 3. The van der Waals surface area contributed by atoms with Crippen LogP contribution >= 0.6 is 0 Å². The summed E-state index contributed by atoms with van der Waals surface area (Å²) in [5.74, 6) is -2.52. The molecular formula is C18H23N3O4. The van der Waals surface area contributed by atoms with Gasteiger partial charge in [-0.3, -0.25) is 20.2 Å². The first-order chi connectivity index (χ1) is 11.9. The van der Waals surface area contributed by atoms with Gasteiger partial charge in [0.05, 0.1) is 0 Å². The van der Waals surface area contributed by atoms with Crippen LogP contribution < -0.4 is 5.73 Å². The second-order valence-corrected chi connectivity index (χ2v) is 7.07. The molecule has 3 saturated heterocycles. The summed E-state index contributed by atoms with van der Waals surface area (Å²) in [4.78, 5) is 28.9. The van der Waals surface area contributed by atoms with Crippen molar-refractivity contribution >= 4 is 11.8 Å². The lowest BCUT2D eigenvalue weighted by atomic mass is 9.96. The molecule has 3 aliphatic heterocycles. The summed E-state index contributed by atoms with van der Waals surface area (Å²) in [6.45, 7) is 2.30. The van der Waals surface area contributed by atoms with Crippen molar-refractivity contribution in [3.63, 3.8) is 0 Å². The van der Waals surface area contributed by atoms with Crippen molar-refractivity contribution in [2.45, 2.75) is 56.3 Å². The third-order valence-corrected chi connectivity index (χ3v) is 5.62. The molecule has 2 amide bonds. The van der Waals surface area contributed by atoms with Crippen LogP contribution in [0.25, 0.3) is 0 Å². The summed E-state index contributed by atoms with van der Waals surface area (Å²) >= 11 is 0. The fraction of sp³-hybridized carbons (Fsp3) is 0.556. The lowest BCUT2D eigenvalue weighted by Gasteiger charge is -2.48. The van der Waals surface area contributed by atoms with E-state index in [0.717, 1.165) is 12.0 Å². The predicted molar refractivity (Wildman–Crippen MR) is 88.8 cm³/mol. The van der Waals surface area contributed by atoms with E-state index >= 15 is 0 Å². The van der Waals surface area contributed by atoms with E-state index in [4.69, 9.17) is 10.5 Å². The number of carbonyl (C=O) groups excluding carboxylic acids is 2. The number of benzene rings is 1. The molecule has 0 saturated carbocycles. The van der Waals surface area contributed by atoms with E-state index in [2.05, 4.69) is 0 Å². The molecule has 25 heavy (non-hydrogen) atoms. The molecule has 0 aliphatic carbocycles. The first kappa shape index (κ1) is 16.5. The van der Waals surface area contributed by atoms with Gasteiger partial charge >= 0.3 is 0 Å². The van der Waals surface area contributed by atoms with Crippen LogP contribution in [0.5, 0.6) is 0 Å².